The molecule has 0 bridgehead atoms. The average Bonchev–Trinajstić information content (AvgIpc) is 3.21. The number of rotatable bonds is 6. The van der Waals surface area contributed by atoms with Crippen molar-refractivity contribution in [3.05, 3.63) is 28.2 Å². The number of amides is 3. The number of nitrogens with one attached hydrogen (secondary N) is 2. The minimum absolute atomic E-state index is 0.0800. The maximum atomic E-state index is 12.8. The van der Waals surface area contributed by atoms with Gasteiger partial charge < -0.3 is 15.5 Å². The molecule has 1 saturated carbocycles. The second-order valence-corrected chi connectivity index (χ2v) is 8.99. The molecule has 29 heavy (non-hydrogen) atoms. The van der Waals surface area contributed by atoms with Crippen LogP contribution < -0.4 is 10.6 Å². The quantitative estimate of drug-likeness (QED) is 0.673. The monoisotopic (exact) mass is 463 g/mol. The number of benzene rings is 1. The van der Waals surface area contributed by atoms with Gasteiger partial charge in [0.1, 0.15) is 6.04 Å². The van der Waals surface area contributed by atoms with Crippen molar-refractivity contribution in [2.45, 2.75) is 64.3 Å². The first-order chi connectivity index (χ1) is 14.0. The van der Waals surface area contributed by atoms with Crippen LogP contribution >= 0.6 is 15.9 Å². The van der Waals surface area contributed by atoms with E-state index in [2.05, 4.69) is 26.6 Å². The summed E-state index contributed by atoms with van der Waals surface area (Å²) in [4.78, 5) is 39.5. The molecule has 0 aromatic heterocycles. The van der Waals surface area contributed by atoms with Crippen LogP contribution in [-0.2, 0) is 14.4 Å². The number of hydrogen-bond donors (Lipinski definition) is 2. The van der Waals surface area contributed by atoms with Gasteiger partial charge in [-0.3, -0.25) is 14.4 Å². The van der Waals surface area contributed by atoms with Crippen molar-refractivity contribution in [2.24, 2.45) is 5.92 Å². The summed E-state index contributed by atoms with van der Waals surface area (Å²) in [5.41, 5.74) is 1.74. The Kier molecular flexibility index (Phi) is 7.70. The van der Waals surface area contributed by atoms with Crippen molar-refractivity contribution in [1.29, 1.82) is 0 Å². The molecule has 0 spiro atoms. The molecule has 158 valence electrons. The highest BCUT2D eigenvalue weighted by Crippen LogP contribution is 2.29. The molecular weight excluding hydrogens is 434 g/mol. The van der Waals surface area contributed by atoms with Crippen LogP contribution in [0.4, 0.5) is 5.69 Å². The van der Waals surface area contributed by atoms with Gasteiger partial charge in [-0.25, -0.2) is 0 Å². The van der Waals surface area contributed by atoms with Crippen molar-refractivity contribution < 1.29 is 14.4 Å². The molecule has 3 rings (SSSR count). The van der Waals surface area contributed by atoms with Crippen molar-refractivity contribution >= 4 is 39.3 Å². The maximum Gasteiger partial charge on any atom is 0.242 e. The van der Waals surface area contributed by atoms with Gasteiger partial charge in [-0.05, 0) is 50.3 Å². The van der Waals surface area contributed by atoms with Crippen molar-refractivity contribution in [3.63, 3.8) is 0 Å². The summed E-state index contributed by atoms with van der Waals surface area (Å²) < 4.78 is 0.899. The van der Waals surface area contributed by atoms with E-state index in [1.807, 2.05) is 25.1 Å². The van der Waals surface area contributed by atoms with Crippen LogP contribution in [0.3, 0.4) is 0 Å². The van der Waals surface area contributed by atoms with Crippen molar-refractivity contribution in [3.8, 4) is 0 Å². The molecule has 1 aromatic carbocycles. The smallest absolute Gasteiger partial charge is 0.242 e. The number of anilines is 1. The van der Waals surface area contributed by atoms with Gasteiger partial charge in [0.05, 0.1) is 0 Å². The molecule has 1 saturated heterocycles. The molecular formula is C22H30BrN3O3. The summed E-state index contributed by atoms with van der Waals surface area (Å²) >= 11 is 3.40. The number of carbonyl (C=O) groups is 3. The second kappa shape index (κ2) is 10.2. The van der Waals surface area contributed by atoms with E-state index in [-0.39, 0.29) is 42.6 Å². The maximum absolute atomic E-state index is 12.8. The molecule has 1 aliphatic carbocycles. The number of nitrogens with zero attached hydrogens (tertiary/aromatic N) is 1. The Labute approximate surface area is 180 Å². The zero-order valence-electron chi connectivity index (χ0n) is 17.0. The van der Waals surface area contributed by atoms with Crippen LogP contribution in [0.1, 0.15) is 56.9 Å². The van der Waals surface area contributed by atoms with E-state index >= 15 is 0 Å². The highest BCUT2D eigenvalue weighted by molar-refractivity contribution is 9.10. The van der Waals surface area contributed by atoms with Crippen LogP contribution in [0.5, 0.6) is 0 Å². The summed E-state index contributed by atoms with van der Waals surface area (Å²) in [6.45, 7) is 2.86. The molecule has 2 fully saturated rings. The largest absolute Gasteiger partial charge is 0.354 e. The first-order valence-corrected chi connectivity index (χ1v) is 11.4. The van der Waals surface area contributed by atoms with Gasteiger partial charge in [0.2, 0.25) is 17.7 Å². The number of hydrogen-bond acceptors (Lipinski definition) is 3. The molecule has 1 atom stereocenters. The summed E-state index contributed by atoms with van der Waals surface area (Å²) in [5.74, 6) is -0.0623. The molecule has 0 radical (unpaired) electrons. The van der Waals surface area contributed by atoms with Gasteiger partial charge >= 0.3 is 0 Å². The highest BCUT2D eigenvalue weighted by Gasteiger charge is 2.37. The Bertz CT molecular complexity index is 762. The van der Waals surface area contributed by atoms with E-state index < -0.39 is 0 Å². The van der Waals surface area contributed by atoms with Gasteiger partial charge in [0, 0.05) is 35.6 Å². The fourth-order valence-corrected chi connectivity index (χ4v) is 4.61. The predicted molar refractivity (Wildman–Crippen MR) is 116 cm³/mol. The fraction of sp³-hybridized carbons (Fsp3) is 0.591. The normalized spacial score (nSPS) is 19.8. The summed E-state index contributed by atoms with van der Waals surface area (Å²) in [6, 6.07) is 5.32. The first-order valence-electron chi connectivity index (χ1n) is 10.6. The topological polar surface area (TPSA) is 78.5 Å². The number of halogens is 1. The second-order valence-electron chi connectivity index (χ2n) is 8.07. The third-order valence-corrected chi connectivity index (χ3v) is 6.41. The van der Waals surface area contributed by atoms with E-state index in [4.69, 9.17) is 0 Å². The molecule has 2 N–H and O–H groups in total. The Hall–Kier alpha value is -1.89. The Morgan fingerprint density at radius 2 is 1.86 bits per heavy atom. The SMILES string of the molecule is Cc1ccc(Br)cc1NC(=O)CCNC(=O)C1CCCN1C(=O)C1CCCCC1. The highest BCUT2D eigenvalue weighted by atomic mass is 79.9. The molecule has 1 heterocycles. The minimum Gasteiger partial charge on any atom is -0.354 e. The van der Waals surface area contributed by atoms with Crippen LogP contribution in [0.15, 0.2) is 22.7 Å². The molecule has 1 aliphatic heterocycles. The lowest BCUT2D eigenvalue weighted by Crippen LogP contribution is -2.48. The van der Waals surface area contributed by atoms with E-state index in [9.17, 15) is 14.4 Å². The Morgan fingerprint density at radius 1 is 1.10 bits per heavy atom. The van der Waals surface area contributed by atoms with Gasteiger partial charge in [-0.2, -0.15) is 0 Å². The first kappa shape index (κ1) is 21.8. The van der Waals surface area contributed by atoms with Crippen LogP contribution in [0, 0.1) is 12.8 Å². The number of carbonyl (C=O) groups excluding carboxylic acids is 3. The van der Waals surface area contributed by atoms with Crippen LogP contribution in [-0.4, -0.2) is 41.8 Å². The van der Waals surface area contributed by atoms with Gasteiger partial charge in [-0.1, -0.05) is 41.3 Å². The summed E-state index contributed by atoms with van der Waals surface area (Å²) in [5, 5.41) is 5.73. The fourth-order valence-electron chi connectivity index (χ4n) is 4.25. The lowest BCUT2D eigenvalue weighted by molar-refractivity contribution is -0.142. The standard InChI is InChI=1S/C22H30BrN3O3/c1-15-9-10-17(23)14-18(15)25-20(27)11-12-24-21(28)19-8-5-13-26(19)22(29)16-6-3-2-4-7-16/h9-10,14,16,19H,2-8,11-13H2,1H3,(H,24,28)(H,25,27). The van der Waals surface area contributed by atoms with E-state index in [1.165, 1.54) is 6.42 Å². The van der Waals surface area contributed by atoms with Gasteiger partial charge in [0.25, 0.3) is 0 Å². The van der Waals surface area contributed by atoms with Gasteiger partial charge in [-0.15, -0.1) is 0 Å². The van der Waals surface area contributed by atoms with E-state index in [1.54, 1.807) is 4.90 Å². The van der Waals surface area contributed by atoms with Crippen LogP contribution in [0.25, 0.3) is 0 Å². The zero-order chi connectivity index (χ0) is 20.8. The molecule has 1 unspecified atom stereocenters. The van der Waals surface area contributed by atoms with E-state index in [0.717, 1.165) is 47.8 Å². The van der Waals surface area contributed by atoms with Gasteiger partial charge in [0.15, 0.2) is 0 Å². The Morgan fingerprint density at radius 3 is 2.62 bits per heavy atom. The average molecular weight is 464 g/mol. The summed E-state index contributed by atoms with van der Waals surface area (Å²) in [7, 11) is 0. The molecule has 1 aromatic rings. The molecule has 2 aliphatic rings. The number of likely N-dealkylation sites (tertiary alicyclic amines) is 1. The van der Waals surface area contributed by atoms with E-state index in [0.29, 0.717) is 13.0 Å². The van der Waals surface area contributed by atoms with Crippen LogP contribution in [0.2, 0.25) is 0 Å². The lowest BCUT2D eigenvalue weighted by Gasteiger charge is -2.30. The minimum atomic E-state index is -0.389. The zero-order valence-corrected chi connectivity index (χ0v) is 18.6. The number of aryl methyl sites for hydroxylation is 1. The summed E-state index contributed by atoms with van der Waals surface area (Å²) in [6.07, 6.45) is 7.06. The Balaban J connectivity index is 1.46. The molecule has 3 amide bonds. The molecule has 6 nitrogen and oxygen atoms in total. The lowest BCUT2D eigenvalue weighted by atomic mass is 9.88. The van der Waals surface area contributed by atoms with Crippen molar-refractivity contribution in [1.82, 2.24) is 10.2 Å². The third kappa shape index (κ3) is 5.81. The third-order valence-electron chi connectivity index (χ3n) is 5.92. The molecule has 7 heteroatoms. The predicted octanol–water partition coefficient (Wildman–Crippen LogP) is 3.77. The van der Waals surface area contributed by atoms with Crippen molar-refractivity contribution in [2.75, 3.05) is 18.4 Å².